The summed E-state index contributed by atoms with van der Waals surface area (Å²) in [5.74, 6) is 0.713. The van der Waals surface area contributed by atoms with Gasteiger partial charge in [-0.3, -0.25) is 0 Å². The molecule has 2 rings (SSSR count). The van der Waals surface area contributed by atoms with Crippen molar-refractivity contribution in [2.45, 2.75) is 27.7 Å². The van der Waals surface area contributed by atoms with Crippen LogP contribution < -0.4 is 15.1 Å². The van der Waals surface area contributed by atoms with E-state index in [1.807, 2.05) is 0 Å². The van der Waals surface area contributed by atoms with Crippen LogP contribution in [0.25, 0.3) is 0 Å². The highest BCUT2D eigenvalue weighted by molar-refractivity contribution is 5.73. The molecule has 1 aliphatic rings. The van der Waals surface area contributed by atoms with Gasteiger partial charge in [0.1, 0.15) is 0 Å². The third-order valence-corrected chi connectivity index (χ3v) is 4.11. The fraction of sp³-hybridized carbons (Fsp3) is 0.667. The van der Waals surface area contributed by atoms with Crippen LogP contribution in [0.3, 0.4) is 0 Å². The minimum absolute atomic E-state index is 0.276. The molecule has 0 spiro atoms. The number of nitrogens with zero attached hydrogens (tertiary/aromatic N) is 2. The minimum atomic E-state index is 0.276. The molecule has 0 fully saturated rings. The molecule has 21 heavy (non-hydrogen) atoms. The third kappa shape index (κ3) is 4.37. The summed E-state index contributed by atoms with van der Waals surface area (Å²) >= 11 is 0. The summed E-state index contributed by atoms with van der Waals surface area (Å²) in [7, 11) is 2.19. The highest BCUT2D eigenvalue weighted by Gasteiger charge is 2.26. The number of likely N-dealkylation sites (N-methyl/N-ethyl adjacent to an activating group) is 1. The van der Waals surface area contributed by atoms with Crippen molar-refractivity contribution in [3.05, 3.63) is 24.3 Å². The van der Waals surface area contributed by atoms with Gasteiger partial charge in [0.25, 0.3) is 0 Å². The maximum absolute atomic E-state index is 3.61. The van der Waals surface area contributed by atoms with Gasteiger partial charge in [0.2, 0.25) is 0 Å². The van der Waals surface area contributed by atoms with Crippen LogP contribution in [0, 0.1) is 11.3 Å². The lowest BCUT2D eigenvalue weighted by Gasteiger charge is -2.41. The van der Waals surface area contributed by atoms with Crippen LogP contribution in [-0.4, -0.2) is 39.8 Å². The molecule has 0 aromatic heterocycles. The Morgan fingerprint density at radius 3 is 2.48 bits per heavy atom. The van der Waals surface area contributed by atoms with Gasteiger partial charge in [-0.05, 0) is 30.0 Å². The Kier molecular flexibility index (Phi) is 5.15. The van der Waals surface area contributed by atoms with Crippen LogP contribution in [0.1, 0.15) is 27.7 Å². The molecule has 1 aromatic rings. The smallest absolute Gasteiger partial charge is 0.0604 e. The number of fused-ring (bicyclic) bond motifs is 1. The Labute approximate surface area is 130 Å². The van der Waals surface area contributed by atoms with Crippen molar-refractivity contribution >= 4 is 11.4 Å². The van der Waals surface area contributed by atoms with E-state index < -0.39 is 0 Å². The van der Waals surface area contributed by atoms with E-state index in [0.717, 1.165) is 32.7 Å². The molecule has 0 radical (unpaired) electrons. The zero-order valence-corrected chi connectivity index (χ0v) is 14.3. The highest BCUT2D eigenvalue weighted by atomic mass is 15.3. The van der Waals surface area contributed by atoms with E-state index in [-0.39, 0.29) is 5.41 Å². The molecule has 118 valence electrons. The van der Waals surface area contributed by atoms with Crippen LogP contribution in [0.15, 0.2) is 24.3 Å². The fourth-order valence-electron chi connectivity index (χ4n) is 3.00. The summed E-state index contributed by atoms with van der Waals surface area (Å²) in [6.07, 6.45) is 0. The maximum Gasteiger partial charge on any atom is 0.0604 e. The van der Waals surface area contributed by atoms with Gasteiger partial charge in [-0.1, -0.05) is 39.8 Å². The van der Waals surface area contributed by atoms with E-state index in [1.54, 1.807) is 0 Å². The van der Waals surface area contributed by atoms with Crippen molar-refractivity contribution in [2.75, 3.05) is 49.6 Å². The molecule has 0 amide bonds. The molecule has 0 unspecified atom stereocenters. The summed E-state index contributed by atoms with van der Waals surface area (Å²) in [6.45, 7) is 14.7. The summed E-state index contributed by atoms with van der Waals surface area (Å²) in [5.41, 5.74) is 3.01. The van der Waals surface area contributed by atoms with Crippen molar-refractivity contribution < 1.29 is 0 Å². The predicted molar refractivity (Wildman–Crippen MR) is 93.4 cm³/mol. The van der Waals surface area contributed by atoms with Gasteiger partial charge in [0, 0.05) is 33.2 Å². The van der Waals surface area contributed by atoms with E-state index in [0.29, 0.717) is 5.92 Å². The molecule has 0 atom stereocenters. The molecule has 0 aliphatic carbocycles. The number of rotatable bonds is 6. The zero-order valence-electron chi connectivity index (χ0n) is 14.3. The normalized spacial score (nSPS) is 15.5. The number of hydrogen-bond donors (Lipinski definition) is 1. The van der Waals surface area contributed by atoms with Gasteiger partial charge in [-0.25, -0.2) is 0 Å². The zero-order chi connectivity index (χ0) is 15.5. The topological polar surface area (TPSA) is 18.5 Å². The monoisotopic (exact) mass is 289 g/mol. The van der Waals surface area contributed by atoms with E-state index in [1.165, 1.54) is 11.4 Å². The molecule has 1 heterocycles. The van der Waals surface area contributed by atoms with Gasteiger partial charge in [-0.2, -0.15) is 0 Å². The second-order valence-corrected chi connectivity index (χ2v) is 7.52. The van der Waals surface area contributed by atoms with Crippen molar-refractivity contribution in [3.63, 3.8) is 0 Å². The van der Waals surface area contributed by atoms with Gasteiger partial charge in [0.15, 0.2) is 0 Å². The SMILES string of the molecule is CC(C)CNCC(C)(C)CN1CCN(C)c2ccccc21. The maximum atomic E-state index is 3.61. The summed E-state index contributed by atoms with van der Waals surface area (Å²) in [4.78, 5) is 4.90. The fourth-order valence-corrected chi connectivity index (χ4v) is 3.00. The summed E-state index contributed by atoms with van der Waals surface area (Å²) in [6, 6.07) is 8.76. The predicted octanol–water partition coefficient (Wildman–Crippen LogP) is 3.21. The second-order valence-electron chi connectivity index (χ2n) is 7.52. The molecule has 0 bridgehead atoms. The Hall–Kier alpha value is -1.22. The largest absolute Gasteiger partial charge is 0.371 e. The first-order valence-electron chi connectivity index (χ1n) is 8.15. The number of nitrogens with one attached hydrogen (secondary N) is 1. The standard InChI is InChI=1S/C18H31N3/c1-15(2)12-19-13-18(3,4)14-21-11-10-20(5)16-8-6-7-9-17(16)21/h6-9,15,19H,10-14H2,1-5H3. The third-order valence-electron chi connectivity index (χ3n) is 4.11. The molecule has 0 saturated carbocycles. The molecular formula is C18H31N3. The van der Waals surface area contributed by atoms with Gasteiger partial charge in [0.05, 0.1) is 11.4 Å². The van der Waals surface area contributed by atoms with E-state index >= 15 is 0 Å². The van der Waals surface area contributed by atoms with Crippen LogP contribution in [0.5, 0.6) is 0 Å². The van der Waals surface area contributed by atoms with E-state index in [9.17, 15) is 0 Å². The van der Waals surface area contributed by atoms with Crippen LogP contribution in [0.2, 0.25) is 0 Å². The van der Waals surface area contributed by atoms with E-state index in [4.69, 9.17) is 0 Å². The first-order valence-corrected chi connectivity index (χ1v) is 8.15. The minimum Gasteiger partial charge on any atom is -0.371 e. The Bertz CT molecular complexity index is 454. The van der Waals surface area contributed by atoms with Gasteiger partial charge < -0.3 is 15.1 Å². The van der Waals surface area contributed by atoms with Crippen molar-refractivity contribution in [3.8, 4) is 0 Å². The molecule has 1 aromatic carbocycles. The molecular weight excluding hydrogens is 258 g/mol. The van der Waals surface area contributed by atoms with Gasteiger partial charge in [-0.15, -0.1) is 0 Å². The van der Waals surface area contributed by atoms with Crippen LogP contribution >= 0.6 is 0 Å². The van der Waals surface area contributed by atoms with Crippen molar-refractivity contribution in [1.82, 2.24) is 5.32 Å². The molecule has 1 N–H and O–H groups in total. The van der Waals surface area contributed by atoms with Gasteiger partial charge >= 0.3 is 0 Å². The molecule has 3 nitrogen and oxygen atoms in total. The Morgan fingerprint density at radius 1 is 1.14 bits per heavy atom. The number of para-hydroxylation sites is 2. The van der Waals surface area contributed by atoms with Crippen LogP contribution in [0.4, 0.5) is 11.4 Å². The first kappa shape index (κ1) is 16.2. The first-order chi connectivity index (χ1) is 9.89. The Balaban J connectivity index is 2.01. The lowest BCUT2D eigenvalue weighted by Crippen LogP contribution is -2.46. The molecule has 0 saturated heterocycles. The summed E-state index contributed by atoms with van der Waals surface area (Å²) in [5, 5.41) is 3.61. The van der Waals surface area contributed by atoms with Crippen molar-refractivity contribution in [2.24, 2.45) is 11.3 Å². The van der Waals surface area contributed by atoms with E-state index in [2.05, 4.69) is 74.1 Å². The molecule has 3 heteroatoms. The average molecular weight is 289 g/mol. The molecule has 1 aliphatic heterocycles. The quantitative estimate of drug-likeness (QED) is 0.867. The Morgan fingerprint density at radius 2 is 1.81 bits per heavy atom. The number of benzene rings is 1. The van der Waals surface area contributed by atoms with Crippen LogP contribution in [-0.2, 0) is 0 Å². The van der Waals surface area contributed by atoms with Crippen molar-refractivity contribution in [1.29, 1.82) is 0 Å². The lowest BCUT2D eigenvalue weighted by atomic mass is 9.91. The lowest BCUT2D eigenvalue weighted by molar-refractivity contribution is 0.333. The average Bonchev–Trinajstić information content (AvgIpc) is 2.41. The summed E-state index contributed by atoms with van der Waals surface area (Å²) < 4.78 is 0. The number of hydrogen-bond acceptors (Lipinski definition) is 3. The number of anilines is 2. The second kappa shape index (κ2) is 6.69. The highest BCUT2D eigenvalue weighted by Crippen LogP contribution is 2.33.